The van der Waals surface area contributed by atoms with Crippen molar-refractivity contribution >= 4 is 5.69 Å². The lowest BCUT2D eigenvalue weighted by Crippen LogP contribution is -2.23. The van der Waals surface area contributed by atoms with E-state index in [-0.39, 0.29) is 6.61 Å². The minimum atomic E-state index is -2.43. The molecule has 0 fully saturated rings. The van der Waals surface area contributed by atoms with E-state index in [9.17, 15) is 8.78 Å². The van der Waals surface area contributed by atoms with Crippen molar-refractivity contribution in [1.29, 1.82) is 5.26 Å². The number of rotatable bonds is 5. The molecule has 16 heavy (non-hydrogen) atoms. The largest absolute Gasteiger partial charge is 0.479 e. The fourth-order valence-corrected chi connectivity index (χ4v) is 1.12. The molecular weight excluding hydrogens is 214 g/mol. The molecule has 0 bridgehead atoms. The Balaban J connectivity index is 2.64. The van der Waals surface area contributed by atoms with E-state index in [4.69, 9.17) is 10.00 Å². The Morgan fingerprint density at radius 1 is 1.50 bits per heavy atom. The maximum Gasteiger partial charge on any atom is 0.258 e. The van der Waals surface area contributed by atoms with Crippen LogP contribution >= 0.6 is 0 Å². The lowest BCUT2D eigenvalue weighted by molar-refractivity contribution is 0.130. The van der Waals surface area contributed by atoms with Gasteiger partial charge in [-0.2, -0.15) is 5.26 Å². The third kappa shape index (κ3) is 3.73. The Morgan fingerprint density at radius 3 is 2.88 bits per heavy atom. The SMILES string of the molecule is CC(Nc1cccc(OCC#N)c1)C(F)F. The molecule has 0 aliphatic heterocycles. The molecule has 1 rings (SSSR count). The number of benzene rings is 1. The Bertz CT molecular complexity index is 376. The molecular formula is C11H12F2N2O. The highest BCUT2D eigenvalue weighted by Crippen LogP contribution is 2.19. The molecule has 1 atom stereocenters. The van der Waals surface area contributed by atoms with E-state index in [1.54, 1.807) is 24.3 Å². The average Bonchev–Trinajstić information content (AvgIpc) is 2.26. The smallest absolute Gasteiger partial charge is 0.258 e. The molecule has 0 radical (unpaired) electrons. The zero-order valence-electron chi connectivity index (χ0n) is 8.78. The van der Waals surface area contributed by atoms with Crippen molar-refractivity contribution in [3.8, 4) is 11.8 Å². The summed E-state index contributed by atoms with van der Waals surface area (Å²) in [6, 6.07) is 7.49. The summed E-state index contributed by atoms with van der Waals surface area (Å²) in [6.07, 6.45) is -2.43. The summed E-state index contributed by atoms with van der Waals surface area (Å²) in [6.45, 7) is 1.33. The highest BCUT2D eigenvalue weighted by molar-refractivity contribution is 5.48. The van der Waals surface area contributed by atoms with Gasteiger partial charge in [0.2, 0.25) is 0 Å². The first kappa shape index (κ1) is 12.2. The first-order valence-corrected chi connectivity index (χ1v) is 4.78. The zero-order chi connectivity index (χ0) is 12.0. The summed E-state index contributed by atoms with van der Waals surface area (Å²) in [5.41, 5.74) is 0.545. The van der Waals surface area contributed by atoms with Gasteiger partial charge < -0.3 is 10.1 Å². The van der Waals surface area contributed by atoms with Gasteiger partial charge in [-0.25, -0.2) is 8.78 Å². The fraction of sp³-hybridized carbons (Fsp3) is 0.364. The second kappa shape index (κ2) is 5.91. The van der Waals surface area contributed by atoms with Gasteiger partial charge in [0.25, 0.3) is 6.43 Å². The van der Waals surface area contributed by atoms with Crippen LogP contribution in [0.4, 0.5) is 14.5 Å². The molecule has 0 aromatic heterocycles. The van der Waals surface area contributed by atoms with Gasteiger partial charge in [0.1, 0.15) is 11.8 Å². The standard InChI is InChI=1S/C11H12F2N2O/c1-8(11(12)13)15-9-3-2-4-10(7-9)16-6-5-14/h2-4,7-8,11,15H,6H2,1H3. The molecule has 5 heteroatoms. The summed E-state index contributed by atoms with van der Waals surface area (Å²) in [5, 5.41) is 11.0. The van der Waals surface area contributed by atoms with Crippen molar-refractivity contribution in [1.82, 2.24) is 0 Å². The molecule has 0 saturated carbocycles. The summed E-state index contributed by atoms with van der Waals surface area (Å²) < 4.78 is 29.6. The van der Waals surface area contributed by atoms with Gasteiger partial charge in [-0.05, 0) is 19.1 Å². The number of hydrogen-bond acceptors (Lipinski definition) is 3. The van der Waals surface area contributed by atoms with Crippen LogP contribution in [-0.4, -0.2) is 19.1 Å². The lowest BCUT2D eigenvalue weighted by Gasteiger charge is -2.14. The highest BCUT2D eigenvalue weighted by atomic mass is 19.3. The third-order valence-electron chi connectivity index (χ3n) is 1.91. The monoisotopic (exact) mass is 226 g/mol. The molecule has 1 unspecified atom stereocenters. The van der Waals surface area contributed by atoms with Crippen LogP contribution in [0.5, 0.6) is 5.75 Å². The van der Waals surface area contributed by atoms with Crippen molar-refractivity contribution in [2.45, 2.75) is 19.4 Å². The summed E-state index contributed by atoms with van der Waals surface area (Å²) >= 11 is 0. The van der Waals surface area contributed by atoms with Gasteiger partial charge >= 0.3 is 0 Å². The topological polar surface area (TPSA) is 45.0 Å². The number of alkyl halides is 2. The van der Waals surface area contributed by atoms with E-state index < -0.39 is 12.5 Å². The maximum atomic E-state index is 12.3. The molecule has 0 amide bonds. The van der Waals surface area contributed by atoms with Crippen LogP contribution in [0, 0.1) is 11.3 Å². The van der Waals surface area contributed by atoms with Gasteiger partial charge in [-0.1, -0.05) is 6.07 Å². The summed E-state index contributed by atoms with van der Waals surface area (Å²) in [5.74, 6) is 0.480. The van der Waals surface area contributed by atoms with Crippen LogP contribution in [0.2, 0.25) is 0 Å². The maximum absolute atomic E-state index is 12.3. The lowest BCUT2D eigenvalue weighted by atomic mass is 10.2. The third-order valence-corrected chi connectivity index (χ3v) is 1.91. The van der Waals surface area contributed by atoms with E-state index >= 15 is 0 Å². The molecule has 1 aromatic carbocycles. The number of nitrogens with zero attached hydrogens (tertiary/aromatic N) is 1. The minimum Gasteiger partial charge on any atom is -0.479 e. The van der Waals surface area contributed by atoms with E-state index in [1.165, 1.54) is 6.92 Å². The Hall–Kier alpha value is -1.83. The van der Waals surface area contributed by atoms with Crippen LogP contribution in [-0.2, 0) is 0 Å². The molecule has 3 nitrogen and oxygen atoms in total. The van der Waals surface area contributed by atoms with Crippen LogP contribution in [0.25, 0.3) is 0 Å². The molecule has 86 valence electrons. The van der Waals surface area contributed by atoms with Crippen LogP contribution in [0.3, 0.4) is 0 Å². The van der Waals surface area contributed by atoms with Gasteiger partial charge in [0.15, 0.2) is 6.61 Å². The van der Waals surface area contributed by atoms with Crippen LogP contribution in [0.15, 0.2) is 24.3 Å². The van der Waals surface area contributed by atoms with Gasteiger partial charge in [-0.15, -0.1) is 0 Å². The summed E-state index contributed by atoms with van der Waals surface area (Å²) in [4.78, 5) is 0. The normalized spacial score (nSPS) is 11.9. The van der Waals surface area contributed by atoms with Gasteiger partial charge in [-0.3, -0.25) is 0 Å². The molecule has 0 aliphatic carbocycles. The minimum absolute atomic E-state index is 0.0617. The van der Waals surface area contributed by atoms with Crippen molar-refractivity contribution in [2.75, 3.05) is 11.9 Å². The molecule has 1 aromatic rings. The van der Waals surface area contributed by atoms with Crippen LogP contribution < -0.4 is 10.1 Å². The molecule has 0 aliphatic rings. The van der Waals surface area contributed by atoms with E-state index in [1.807, 2.05) is 6.07 Å². The van der Waals surface area contributed by atoms with Gasteiger partial charge in [0.05, 0.1) is 6.04 Å². The molecule has 0 saturated heterocycles. The van der Waals surface area contributed by atoms with E-state index in [2.05, 4.69) is 5.32 Å². The average molecular weight is 226 g/mol. The van der Waals surface area contributed by atoms with E-state index in [0.717, 1.165) is 0 Å². The fourth-order valence-electron chi connectivity index (χ4n) is 1.12. The summed E-state index contributed by atoms with van der Waals surface area (Å²) in [7, 11) is 0. The highest BCUT2D eigenvalue weighted by Gasteiger charge is 2.13. The van der Waals surface area contributed by atoms with Crippen molar-refractivity contribution < 1.29 is 13.5 Å². The van der Waals surface area contributed by atoms with Crippen LogP contribution in [0.1, 0.15) is 6.92 Å². The van der Waals surface area contributed by atoms with Crippen molar-refractivity contribution in [3.05, 3.63) is 24.3 Å². The van der Waals surface area contributed by atoms with Gasteiger partial charge in [0, 0.05) is 11.8 Å². The predicted octanol–water partition coefficient (Wildman–Crippen LogP) is 2.65. The zero-order valence-corrected chi connectivity index (χ0v) is 8.78. The van der Waals surface area contributed by atoms with Crippen molar-refractivity contribution in [3.63, 3.8) is 0 Å². The molecule has 1 N–H and O–H groups in total. The molecule has 0 spiro atoms. The first-order chi connectivity index (χ1) is 7.63. The number of nitriles is 1. The molecule has 0 heterocycles. The first-order valence-electron chi connectivity index (χ1n) is 4.78. The Kier molecular flexibility index (Phi) is 4.52. The number of hydrogen-bond donors (Lipinski definition) is 1. The Morgan fingerprint density at radius 2 is 2.25 bits per heavy atom. The quantitative estimate of drug-likeness (QED) is 0.839. The second-order valence-corrected chi connectivity index (χ2v) is 3.24. The predicted molar refractivity (Wildman–Crippen MR) is 56.6 cm³/mol. The second-order valence-electron chi connectivity index (χ2n) is 3.24. The Labute approximate surface area is 92.6 Å². The number of ether oxygens (including phenoxy) is 1. The van der Waals surface area contributed by atoms with Crippen molar-refractivity contribution in [2.24, 2.45) is 0 Å². The number of halogens is 2. The van der Waals surface area contributed by atoms with E-state index in [0.29, 0.717) is 11.4 Å². The number of nitrogens with one attached hydrogen (secondary N) is 1. The number of anilines is 1.